The van der Waals surface area contributed by atoms with E-state index in [4.69, 9.17) is 23.2 Å². The smallest absolute Gasteiger partial charge is 0.229 e. The lowest BCUT2D eigenvalue weighted by Crippen LogP contribution is -2.35. The number of amides is 1. The average Bonchev–Trinajstić information content (AvgIpc) is 2.59. The molecule has 2 nitrogen and oxygen atoms in total. The van der Waals surface area contributed by atoms with Crippen LogP contribution in [0.5, 0.6) is 0 Å². The summed E-state index contributed by atoms with van der Waals surface area (Å²) in [5.41, 5.74) is 0.522. The van der Waals surface area contributed by atoms with Gasteiger partial charge in [-0.1, -0.05) is 0 Å². The van der Waals surface area contributed by atoms with Crippen molar-refractivity contribution in [1.29, 1.82) is 0 Å². The normalized spacial score (nSPS) is 26.8. The van der Waals surface area contributed by atoms with Gasteiger partial charge in [-0.2, -0.15) is 0 Å². The van der Waals surface area contributed by atoms with Crippen molar-refractivity contribution in [2.45, 2.75) is 44.5 Å². The van der Waals surface area contributed by atoms with Crippen LogP contribution >= 0.6 is 34.5 Å². The maximum atomic E-state index is 12.2. The molecule has 0 radical (unpaired) electrons. The lowest BCUT2D eigenvalue weighted by atomic mass is 10.1. The number of aryl methyl sites for hydroxylation is 2. The summed E-state index contributed by atoms with van der Waals surface area (Å²) in [5.74, 6) is -0.0664. The fourth-order valence-electron chi connectivity index (χ4n) is 2.16. The van der Waals surface area contributed by atoms with E-state index in [0.29, 0.717) is 6.42 Å². The Morgan fingerprint density at radius 1 is 1.50 bits per heavy atom. The molecule has 0 aliphatic heterocycles. The lowest BCUT2D eigenvalue weighted by molar-refractivity contribution is -0.126. The van der Waals surface area contributed by atoms with Gasteiger partial charge in [0.15, 0.2) is 0 Å². The first-order valence-electron chi connectivity index (χ1n) is 5.93. The highest BCUT2D eigenvalue weighted by atomic mass is 35.5. The Hall–Kier alpha value is -0.250. The number of carbonyl (C=O) groups is 1. The van der Waals surface area contributed by atoms with Crippen molar-refractivity contribution < 1.29 is 4.79 Å². The van der Waals surface area contributed by atoms with Crippen molar-refractivity contribution in [3.63, 3.8) is 0 Å². The Morgan fingerprint density at radius 3 is 2.44 bits per heavy atom. The molecule has 1 aromatic rings. The Kier molecular flexibility index (Phi) is 3.46. The molecule has 100 valence electrons. The first-order valence-corrected chi connectivity index (χ1v) is 7.50. The topological polar surface area (TPSA) is 29.1 Å². The SMILES string of the molecule is Cc1cc([C@H](C)NC(=O)[C@]2(C)CC2(Cl)Cl)c(C)s1. The molecule has 1 aliphatic carbocycles. The summed E-state index contributed by atoms with van der Waals surface area (Å²) in [5, 5.41) is 3.01. The lowest BCUT2D eigenvalue weighted by Gasteiger charge is -2.18. The number of carbonyl (C=O) groups excluding carboxylic acids is 1. The Bertz CT molecular complexity index is 497. The van der Waals surface area contributed by atoms with Crippen LogP contribution in [0.3, 0.4) is 0 Å². The van der Waals surface area contributed by atoms with Crippen LogP contribution in [0.25, 0.3) is 0 Å². The van der Waals surface area contributed by atoms with Crippen LogP contribution in [0.1, 0.15) is 41.6 Å². The van der Waals surface area contributed by atoms with E-state index in [0.717, 1.165) is 0 Å². The van der Waals surface area contributed by atoms with E-state index in [1.165, 1.54) is 15.3 Å². The second-order valence-corrected chi connectivity index (χ2v) is 8.22. The van der Waals surface area contributed by atoms with E-state index in [-0.39, 0.29) is 11.9 Å². The number of nitrogens with one attached hydrogen (secondary N) is 1. The van der Waals surface area contributed by atoms with Crippen LogP contribution in [-0.4, -0.2) is 10.2 Å². The van der Waals surface area contributed by atoms with Gasteiger partial charge >= 0.3 is 0 Å². The number of alkyl halides is 2. The zero-order valence-corrected chi connectivity index (χ0v) is 13.3. The number of halogens is 2. The molecule has 18 heavy (non-hydrogen) atoms. The highest BCUT2D eigenvalue weighted by Gasteiger charge is 2.67. The summed E-state index contributed by atoms with van der Waals surface area (Å²) in [6.45, 7) is 7.94. The zero-order valence-electron chi connectivity index (χ0n) is 10.9. The van der Waals surface area contributed by atoms with Crippen molar-refractivity contribution in [2.24, 2.45) is 5.41 Å². The van der Waals surface area contributed by atoms with E-state index in [1.54, 1.807) is 18.3 Å². The van der Waals surface area contributed by atoms with Crippen LogP contribution in [0.15, 0.2) is 6.07 Å². The maximum Gasteiger partial charge on any atom is 0.229 e. The van der Waals surface area contributed by atoms with Gasteiger partial charge in [0.2, 0.25) is 5.91 Å². The molecule has 1 heterocycles. The Morgan fingerprint density at radius 2 is 2.06 bits per heavy atom. The van der Waals surface area contributed by atoms with Crippen LogP contribution in [0.2, 0.25) is 0 Å². The van der Waals surface area contributed by atoms with Crippen molar-refractivity contribution >= 4 is 40.4 Å². The van der Waals surface area contributed by atoms with E-state index < -0.39 is 9.75 Å². The number of hydrogen-bond donors (Lipinski definition) is 1. The van der Waals surface area contributed by atoms with Gasteiger partial charge in [0.1, 0.15) is 4.33 Å². The molecule has 2 rings (SSSR count). The predicted molar refractivity (Wildman–Crippen MR) is 77.5 cm³/mol. The van der Waals surface area contributed by atoms with Crippen LogP contribution in [0, 0.1) is 19.3 Å². The van der Waals surface area contributed by atoms with Gasteiger partial charge in [-0.05, 0) is 45.7 Å². The van der Waals surface area contributed by atoms with E-state index in [9.17, 15) is 4.79 Å². The number of rotatable bonds is 3. The molecule has 1 N–H and O–H groups in total. The van der Waals surface area contributed by atoms with Gasteiger partial charge in [-0.3, -0.25) is 4.79 Å². The van der Waals surface area contributed by atoms with E-state index in [1.807, 2.05) is 6.92 Å². The molecule has 0 bridgehead atoms. The third-order valence-corrected chi connectivity index (χ3v) is 5.74. The van der Waals surface area contributed by atoms with Gasteiger partial charge in [0.25, 0.3) is 0 Å². The molecule has 0 unspecified atom stereocenters. The molecule has 0 spiro atoms. The third-order valence-electron chi connectivity index (χ3n) is 3.65. The fraction of sp³-hybridized carbons (Fsp3) is 0.615. The number of thiophene rings is 1. The monoisotopic (exact) mass is 305 g/mol. The summed E-state index contributed by atoms with van der Waals surface area (Å²) in [6.07, 6.45) is 0.517. The molecule has 2 atom stereocenters. The second-order valence-electron chi connectivity index (χ2n) is 5.28. The van der Waals surface area contributed by atoms with Gasteiger partial charge < -0.3 is 5.32 Å². The predicted octanol–water partition coefficient (Wildman–Crippen LogP) is 4.13. The molecule has 0 saturated heterocycles. The zero-order chi connectivity index (χ0) is 13.7. The fourth-order valence-corrected chi connectivity index (χ4v) is 3.89. The van der Waals surface area contributed by atoms with Crippen LogP contribution in [0.4, 0.5) is 0 Å². The van der Waals surface area contributed by atoms with Gasteiger partial charge in [-0.25, -0.2) is 0 Å². The Balaban J connectivity index is 2.07. The average molecular weight is 306 g/mol. The molecule has 1 aromatic heterocycles. The summed E-state index contributed by atoms with van der Waals surface area (Å²) >= 11 is 13.8. The molecule has 1 saturated carbocycles. The molecular weight excluding hydrogens is 289 g/mol. The maximum absolute atomic E-state index is 12.2. The van der Waals surface area contributed by atoms with E-state index >= 15 is 0 Å². The highest BCUT2D eigenvalue weighted by molar-refractivity contribution is 7.12. The first kappa shape index (κ1) is 14.2. The summed E-state index contributed by atoms with van der Waals surface area (Å²) in [7, 11) is 0. The molecule has 1 fully saturated rings. The summed E-state index contributed by atoms with van der Waals surface area (Å²) in [6, 6.07) is 2.11. The molecule has 0 aromatic carbocycles. The minimum absolute atomic E-state index is 0.0102. The molecule has 1 aliphatic rings. The minimum Gasteiger partial charge on any atom is -0.349 e. The van der Waals surface area contributed by atoms with Crippen molar-refractivity contribution in [1.82, 2.24) is 5.32 Å². The van der Waals surface area contributed by atoms with Crippen LogP contribution in [-0.2, 0) is 4.79 Å². The molecule has 1 amide bonds. The van der Waals surface area contributed by atoms with Gasteiger partial charge in [0.05, 0.1) is 11.5 Å². The third kappa shape index (κ3) is 2.28. The largest absolute Gasteiger partial charge is 0.349 e. The summed E-state index contributed by atoms with van der Waals surface area (Å²) in [4.78, 5) is 14.7. The summed E-state index contributed by atoms with van der Waals surface area (Å²) < 4.78 is -0.906. The molecular formula is C13H17Cl2NOS. The number of hydrogen-bond acceptors (Lipinski definition) is 2. The van der Waals surface area contributed by atoms with E-state index in [2.05, 4.69) is 25.2 Å². The standard InChI is InChI=1S/C13H17Cl2NOS/c1-7-5-10(9(3)18-7)8(2)16-11(17)12(4)6-13(12,14)15/h5,8H,6H2,1-4H3,(H,16,17)/t8-,12-/m0/s1. The van der Waals surface area contributed by atoms with Crippen LogP contribution < -0.4 is 5.32 Å². The van der Waals surface area contributed by atoms with Crippen molar-refractivity contribution in [2.75, 3.05) is 0 Å². The minimum atomic E-state index is -0.906. The first-order chi connectivity index (χ1) is 8.17. The van der Waals surface area contributed by atoms with Gasteiger partial charge in [0, 0.05) is 9.75 Å². The van der Waals surface area contributed by atoms with Crippen molar-refractivity contribution in [3.05, 3.63) is 21.4 Å². The highest BCUT2D eigenvalue weighted by Crippen LogP contribution is 2.63. The molecule has 5 heteroatoms. The van der Waals surface area contributed by atoms with Crippen molar-refractivity contribution in [3.8, 4) is 0 Å². The van der Waals surface area contributed by atoms with Gasteiger partial charge in [-0.15, -0.1) is 34.5 Å². The second kappa shape index (κ2) is 4.39. The quantitative estimate of drug-likeness (QED) is 0.836. The Labute approximate surface area is 122 Å².